The number of carbonyl (C=O) groups is 2. The third-order valence-electron chi connectivity index (χ3n) is 5.33. The zero-order chi connectivity index (χ0) is 15.5. The zero-order valence-electron chi connectivity index (χ0n) is 12.6. The Bertz CT molecular complexity index is 771. The van der Waals surface area contributed by atoms with Gasteiger partial charge in [0.05, 0.1) is 12.5 Å². The lowest BCUT2D eigenvalue weighted by molar-refractivity contribution is -0.147. The molecule has 0 saturated heterocycles. The number of fused-ring (bicyclic) bond motifs is 4. The highest BCUT2D eigenvalue weighted by Crippen LogP contribution is 2.70. The van der Waals surface area contributed by atoms with Crippen LogP contribution in [-0.2, 0) is 14.9 Å². The molecule has 2 aliphatic carbocycles. The minimum absolute atomic E-state index is 0.0379. The maximum Gasteiger partial charge on any atom is 0.312 e. The van der Waals surface area contributed by atoms with Gasteiger partial charge in [-0.2, -0.15) is 0 Å². The number of benzene rings is 2. The Hall–Kier alpha value is -2.42. The smallest absolute Gasteiger partial charge is 0.312 e. The summed E-state index contributed by atoms with van der Waals surface area (Å²) < 4.78 is 5.04. The summed E-state index contributed by atoms with van der Waals surface area (Å²) in [5, 5.41) is 0. The number of methoxy groups -OCH3 is 1. The lowest BCUT2D eigenvalue weighted by Crippen LogP contribution is -2.32. The van der Waals surface area contributed by atoms with Crippen LogP contribution in [0.25, 0.3) is 0 Å². The first-order valence-electron chi connectivity index (χ1n) is 7.38. The molecule has 2 aliphatic rings. The van der Waals surface area contributed by atoms with Crippen LogP contribution in [-0.4, -0.2) is 18.9 Å². The number of ketones is 1. The number of ether oxygens (including phenoxy) is 1. The molecule has 0 N–H and O–H groups in total. The van der Waals surface area contributed by atoms with Crippen molar-refractivity contribution < 1.29 is 14.3 Å². The second-order valence-corrected chi connectivity index (χ2v) is 6.33. The van der Waals surface area contributed by atoms with Gasteiger partial charge >= 0.3 is 5.97 Å². The first-order chi connectivity index (χ1) is 10.6. The second-order valence-electron chi connectivity index (χ2n) is 6.33. The van der Waals surface area contributed by atoms with Crippen LogP contribution in [0.2, 0.25) is 0 Å². The van der Waals surface area contributed by atoms with E-state index in [4.69, 9.17) is 4.74 Å². The number of hydrogen-bond acceptors (Lipinski definition) is 3. The quantitative estimate of drug-likeness (QED) is 0.759. The molecule has 1 unspecified atom stereocenters. The Balaban J connectivity index is 2.04. The molecule has 3 heteroatoms. The van der Waals surface area contributed by atoms with Crippen molar-refractivity contribution in [2.75, 3.05) is 7.11 Å². The fourth-order valence-electron chi connectivity index (χ4n) is 4.14. The maximum absolute atomic E-state index is 12.8. The van der Waals surface area contributed by atoms with Crippen LogP contribution in [0.4, 0.5) is 0 Å². The Morgan fingerprint density at radius 2 is 1.50 bits per heavy atom. The first kappa shape index (κ1) is 13.3. The molecule has 1 spiro atoms. The molecule has 1 atom stereocenters. The minimum Gasteiger partial charge on any atom is -0.469 e. The molecule has 0 heterocycles. The van der Waals surface area contributed by atoms with Crippen molar-refractivity contribution in [3.63, 3.8) is 0 Å². The van der Waals surface area contributed by atoms with E-state index in [0.717, 1.165) is 11.1 Å². The van der Waals surface area contributed by atoms with E-state index in [-0.39, 0.29) is 11.8 Å². The van der Waals surface area contributed by atoms with E-state index in [0.29, 0.717) is 17.5 Å². The molecular formula is C19H16O3. The largest absolute Gasteiger partial charge is 0.469 e. The summed E-state index contributed by atoms with van der Waals surface area (Å²) in [6.07, 6.45) is 0.675. The molecule has 3 nitrogen and oxygen atoms in total. The van der Waals surface area contributed by atoms with Gasteiger partial charge in [0.25, 0.3) is 0 Å². The Morgan fingerprint density at radius 1 is 1.00 bits per heavy atom. The molecule has 4 rings (SSSR count). The Morgan fingerprint density at radius 3 is 2.00 bits per heavy atom. The van der Waals surface area contributed by atoms with Crippen molar-refractivity contribution in [3.8, 4) is 0 Å². The van der Waals surface area contributed by atoms with Crippen LogP contribution >= 0.6 is 0 Å². The van der Waals surface area contributed by atoms with E-state index in [1.807, 2.05) is 55.5 Å². The van der Waals surface area contributed by atoms with E-state index in [2.05, 4.69) is 0 Å². The van der Waals surface area contributed by atoms with Crippen LogP contribution in [0.3, 0.4) is 0 Å². The van der Waals surface area contributed by atoms with Crippen LogP contribution < -0.4 is 0 Å². The van der Waals surface area contributed by atoms with Gasteiger partial charge in [-0.1, -0.05) is 48.5 Å². The highest BCUT2D eigenvalue weighted by atomic mass is 16.5. The molecule has 0 radical (unpaired) electrons. The molecule has 1 saturated carbocycles. The lowest BCUT2D eigenvalue weighted by atomic mass is 9.71. The molecule has 0 amide bonds. The standard InChI is InChI=1S/C19H16O3/c1-18(17(21)22-2)11-19(18)14-9-5-3-7-12(14)16(20)13-8-4-6-10-15(13)19/h3-10H,11H2,1-2H3. The fraction of sp³-hybridized carbons (Fsp3) is 0.263. The SMILES string of the molecule is COC(=O)C1(C)CC12c1ccccc1C(=O)c1ccccc12. The Kier molecular flexibility index (Phi) is 2.45. The van der Waals surface area contributed by atoms with Crippen molar-refractivity contribution in [2.24, 2.45) is 5.41 Å². The summed E-state index contributed by atoms with van der Waals surface area (Å²) >= 11 is 0. The molecule has 22 heavy (non-hydrogen) atoms. The summed E-state index contributed by atoms with van der Waals surface area (Å²) in [5.74, 6) is -0.178. The average Bonchev–Trinajstić information content (AvgIpc) is 3.20. The van der Waals surface area contributed by atoms with Gasteiger partial charge < -0.3 is 4.74 Å². The molecule has 110 valence electrons. The topological polar surface area (TPSA) is 43.4 Å². The molecule has 0 aliphatic heterocycles. The van der Waals surface area contributed by atoms with Crippen LogP contribution in [0.1, 0.15) is 40.4 Å². The summed E-state index contributed by atoms with van der Waals surface area (Å²) in [5.41, 5.74) is 2.25. The first-order valence-corrected chi connectivity index (χ1v) is 7.38. The monoisotopic (exact) mass is 292 g/mol. The van der Waals surface area contributed by atoms with Gasteiger partial charge in [-0.05, 0) is 24.5 Å². The van der Waals surface area contributed by atoms with Crippen LogP contribution in [0.15, 0.2) is 48.5 Å². The van der Waals surface area contributed by atoms with E-state index in [1.165, 1.54) is 7.11 Å². The zero-order valence-corrected chi connectivity index (χ0v) is 12.6. The van der Waals surface area contributed by atoms with Crippen molar-refractivity contribution in [2.45, 2.75) is 18.8 Å². The van der Waals surface area contributed by atoms with Crippen molar-refractivity contribution in [1.82, 2.24) is 0 Å². The lowest BCUT2D eigenvalue weighted by Gasteiger charge is -2.30. The van der Waals surface area contributed by atoms with E-state index in [1.54, 1.807) is 0 Å². The molecular weight excluding hydrogens is 276 g/mol. The molecule has 1 fully saturated rings. The van der Waals surface area contributed by atoms with Gasteiger partial charge in [-0.25, -0.2) is 0 Å². The highest BCUT2D eigenvalue weighted by molar-refractivity contribution is 6.14. The number of hydrogen-bond donors (Lipinski definition) is 0. The third-order valence-corrected chi connectivity index (χ3v) is 5.33. The number of rotatable bonds is 1. The van der Waals surface area contributed by atoms with Gasteiger partial charge in [0, 0.05) is 16.5 Å². The summed E-state index contributed by atoms with van der Waals surface area (Å²) in [6.45, 7) is 1.93. The third kappa shape index (κ3) is 1.32. The van der Waals surface area contributed by atoms with Gasteiger partial charge in [0.2, 0.25) is 0 Å². The van der Waals surface area contributed by atoms with E-state index in [9.17, 15) is 9.59 Å². The normalized spacial score (nSPS) is 23.6. The average molecular weight is 292 g/mol. The van der Waals surface area contributed by atoms with Crippen molar-refractivity contribution in [1.29, 1.82) is 0 Å². The Labute approximate surface area is 128 Å². The summed E-state index contributed by atoms with van der Waals surface area (Å²) in [7, 11) is 1.42. The van der Waals surface area contributed by atoms with Crippen molar-refractivity contribution >= 4 is 11.8 Å². The van der Waals surface area contributed by atoms with Gasteiger partial charge in [-0.15, -0.1) is 0 Å². The number of carbonyl (C=O) groups excluding carboxylic acids is 2. The van der Waals surface area contributed by atoms with Gasteiger partial charge in [0.15, 0.2) is 5.78 Å². The van der Waals surface area contributed by atoms with E-state index < -0.39 is 10.8 Å². The molecule has 0 bridgehead atoms. The molecule has 2 aromatic rings. The second kappa shape index (κ2) is 4.07. The molecule has 2 aromatic carbocycles. The fourth-order valence-corrected chi connectivity index (χ4v) is 4.14. The van der Waals surface area contributed by atoms with Gasteiger partial charge in [-0.3, -0.25) is 9.59 Å². The van der Waals surface area contributed by atoms with E-state index >= 15 is 0 Å². The summed E-state index contributed by atoms with van der Waals surface area (Å²) in [4.78, 5) is 25.1. The summed E-state index contributed by atoms with van der Waals surface area (Å²) in [6, 6.07) is 15.2. The maximum atomic E-state index is 12.8. The van der Waals surface area contributed by atoms with Crippen LogP contribution in [0, 0.1) is 5.41 Å². The highest BCUT2D eigenvalue weighted by Gasteiger charge is 2.73. The van der Waals surface area contributed by atoms with Gasteiger partial charge in [0.1, 0.15) is 0 Å². The number of esters is 1. The predicted molar refractivity (Wildman–Crippen MR) is 81.8 cm³/mol. The predicted octanol–water partition coefficient (Wildman–Crippen LogP) is 3.10. The molecule has 0 aromatic heterocycles. The van der Waals surface area contributed by atoms with Crippen molar-refractivity contribution in [3.05, 3.63) is 70.8 Å². The van der Waals surface area contributed by atoms with Crippen LogP contribution in [0.5, 0.6) is 0 Å². The minimum atomic E-state index is -0.616.